The second kappa shape index (κ2) is 4.30. The molecule has 0 atom stereocenters. The molecule has 5 heteroatoms. The van der Waals surface area contributed by atoms with Gasteiger partial charge in [-0.3, -0.25) is 0 Å². The van der Waals surface area contributed by atoms with E-state index in [1.807, 2.05) is 0 Å². The molecule has 1 saturated carbocycles. The molecule has 1 aliphatic heterocycles. The molecule has 1 aromatic carbocycles. The Balaban J connectivity index is 2.03. The first-order chi connectivity index (χ1) is 9.33. The lowest BCUT2D eigenvalue weighted by atomic mass is 9.73. The minimum atomic E-state index is -4.29. The lowest BCUT2D eigenvalue weighted by Gasteiger charge is -2.56. The molecule has 1 fully saturated rings. The summed E-state index contributed by atoms with van der Waals surface area (Å²) in [5.41, 5.74) is 1.02. The second-order valence-corrected chi connectivity index (χ2v) is 6.12. The molecule has 0 bridgehead atoms. The minimum absolute atomic E-state index is 0.0981. The fourth-order valence-electron chi connectivity index (χ4n) is 3.49. The number of halogens is 3. The number of benzene rings is 1. The topological polar surface area (TPSA) is 15.3 Å². The van der Waals surface area contributed by atoms with Crippen LogP contribution in [0.15, 0.2) is 18.2 Å². The molecule has 2 aliphatic rings. The summed E-state index contributed by atoms with van der Waals surface area (Å²) in [7, 11) is 0. The third kappa shape index (κ3) is 1.95. The van der Waals surface area contributed by atoms with Crippen molar-refractivity contribution in [2.24, 2.45) is 0 Å². The first kappa shape index (κ1) is 13.6. The van der Waals surface area contributed by atoms with Crippen LogP contribution in [0.2, 0.25) is 0 Å². The number of hydrogen-bond acceptors (Lipinski definition) is 2. The molecule has 110 valence electrons. The van der Waals surface area contributed by atoms with Crippen molar-refractivity contribution >= 4 is 11.4 Å². The maximum atomic E-state index is 12.8. The largest absolute Gasteiger partial charge is 0.416 e. The molecule has 20 heavy (non-hydrogen) atoms. The third-order valence-corrected chi connectivity index (χ3v) is 4.50. The third-order valence-electron chi connectivity index (χ3n) is 4.50. The maximum absolute atomic E-state index is 12.8. The van der Waals surface area contributed by atoms with Gasteiger partial charge in [-0.25, -0.2) is 0 Å². The number of nitrogens with one attached hydrogen (secondary N) is 1. The van der Waals surface area contributed by atoms with E-state index in [4.69, 9.17) is 0 Å². The van der Waals surface area contributed by atoms with Gasteiger partial charge in [0.1, 0.15) is 0 Å². The molecule has 2 nitrogen and oxygen atoms in total. The van der Waals surface area contributed by atoms with Crippen molar-refractivity contribution in [1.29, 1.82) is 0 Å². The Morgan fingerprint density at radius 2 is 1.95 bits per heavy atom. The minimum Gasteiger partial charge on any atom is -0.381 e. The van der Waals surface area contributed by atoms with Gasteiger partial charge in [-0.15, -0.1) is 0 Å². The van der Waals surface area contributed by atoms with Crippen LogP contribution in [0.25, 0.3) is 0 Å². The Kier molecular flexibility index (Phi) is 2.92. The number of alkyl halides is 3. The van der Waals surface area contributed by atoms with E-state index < -0.39 is 11.7 Å². The van der Waals surface area contributed by atoms with Crippen LogP contribution in [0.5, 0.6) is 0 Å². The van der Waals surface area contributed by atoms with Crippen molar-refractivity contribution < 1.29 is 13.2 Å². The smallest absolute Gasteiger partial charge is 0.381 e. The lowest BCUT2D eigenvalue weighted by molar-refractivity contribution is -0.137. The highest BCUT2D eigenvalue weighted by Gasteiger charge is 2.47. The summed E-state index contributed by atoms with van der Waals surface area (Å²) in [5.74, 6) is 0. The number of nitrogens with zero attached hydrogens (tertiary/aromatic N) is 1. The lowest BCUT2D eigenvalue weighted by Crippen LogP contribution is -2.62. The van der Waals surface area contributed by atoms with Crippen molar-refractivity contribution in [3.05, 3.63) is 23.8 Å². The van der Waals surface area contributed by atoms with E-state index in [0.717, 1.165) is 25.1 Å². The van der Waals surface area contributed by atoms with Gasteiger partial charge in [0.15, 0.2) is 0 Å². The average molecular weight is 284 g/mol. The summed E-state index contributed by atoms with van der Waals surface area (Å²) in [5, 5.41) is 3.21. The molecule has 0 amide bonds. The van der Waals surface area contributed by atoms with Crippen molar-refractivity contribution in [1.82, 2.24) is 0 Å². The van der Waals surface area contributed by atoms with Crippen LogP contribution in [0, 0.1) is 0 Å². The van der Waals surface area contributed by atoms with Gasteiger partial charge in [-0.05, 0) is 51.3 Å². The molecule has 0 radical (unpaired) electrons. The predicted molar refractivity (Wildman–Crippen MR) is 74.1 cm³/mol. The van der Waals surface area contributed by atoms with Crippen LogP contribution in [0.4, 0.5) is 24.5 Å². The molecule has 0 saturated heterocycles. The molecular formula is C15H19F3N2. The summed E-state index contributed by atoms with van der Waals surface area (Å²) in [6, 6.07) is 4.32. The Labute approximate surface area is 117 Å². The highest BCUT2D eigenvalue weighted by molar-refractivity contribution is 5.75. The van der Waals surface area contributed by atoms with Gasteiger partial charge in [0.05, 0.1) is 22.5 Å². The molecule has 1 aromatic rings. The summed E-state index contributed by atoms with van der Waals surface area (Å²) in [4.78, 5) is 2.31. The van der Waals surface area contributed by atoms with Crippen LogP contribution in [-0.4, -0.2) is 18.1 Å². The van der Waals surface area contributed by atoms with Gasteiger partial charge < -0.3 is 10.2 Å². The number of hydrogen-bond donors (Lipinski definition) is 1. The molecule has 0 aromatic heterocycles. The zero-order valence-electron chi connectivity index (χ0n) is 11.7. The zero-order valence-corrected chi connectivity index (χ0v) is 11.7. The highest BCUT2D eigenvalue weighted by Crippen LogP contribution is 2.48. The molecule has 1 N–H and O–H groups in total. The monoisotopic (exact) mass is 284 g/mol. The van der Waals surface area contributed by atoms with Crippen LogP contribution in [-0.2, 0) is 6.18 Å². The standard InChI is InChI=1S/C15H19F3N2/c1-10(2)20-13-5-4-11(15(16,17)18)8-12(13)19-9-14(20)6-3-7-14/h4-5,8,10,19H,3,6-7,9H2,1-2H3. The normalized spacial score (nSPS) is 20.6. The van der Waals surface area contributed by atoms with E-state index >= 15 is 0 Å². The SMILES string of the molecule is CC(C)N1c2ccc(C(F)(F)F)cc2NCC12CCC2. The van der Waals surface area contributed by atoms with Gasteiger partial charge in [-0.2, -0.15) is 13.2 Å². The Bertz CT molecular complexity index is 518. The van der Waals surface area contributed by atoms with Crippen molar-refractivity contribution in [3.63, 3.8) is 0 Å². The maximum Gasteiger partial charge on any atom is 0.416 e. The van der Waals surface area contributed by atoms with Gasteiger partial charge in [0.2, 0.25) is 0 Å². The number of anilines is 2. The molecule has 3 rings (SSSR count). The van der Waals surface area contributed by atoms with E-state index in [1.54, 1.807) is 6.07 Å². The molecule has 1 spiro atoms. The van der Waals surface area contributed by atoms with Gasteiger partial charge in [-0.1, -0.05) is 0 Å². The van der Waals surface area contributed by atoms with Gasteiger partial charge in [0.25, 0.3) is 0 Å². The number of fused-ring (bicyclic) bond motifs is 1. The molecular weight excluding hydrogens is 265 g/mol. The average Bonchev–Trinajstić information content (AvgIpc) is 2.33. The summed E-state index contributed by atoms with van der Waals surface area (Å²) >= 11 is 0. The molecule has 1 heterocycles. The first-order valence-electron chi connectivity index (χ1n) is 7.08. The quantitative estimate of drug-likeness (QED) is 0.828. The molecule has 0 unspecified atom stereocenters. The van der Waals surface area contributed by atoms with Crippen molar-refractivity contribution in [2.75, 3.05) is 16.8 Å². The van der Waals surface area contributed by atoms with Crippen molar-refractivity contribution in [3.8, 4) is 0 Å². The van der Waals surface area contributed by atoms with Gasteiger partial charge in [0, 0.05) is 12.6 Å². The summed E-state index contributed by atoms with van der Waals surface area (Å²) < 4.78 is 38.4. The van der Waals surface area contributed by atoms with Crippen LogP contribution < -0.4 is 10.2 Å². The van der Waals surface area contributed by atoms with E-state index in [1.165, 1.54) is 18.6 Å². The fourth-order valence-corrected chi connectivity index (χ4v) is 3.49. The van der Waals surface area contributed by atoms with Crippen LogP contribution in [0.3, 0.4) is 0 Å². The predicted octanol–water partition coefficient (Wildman–Crippen LogP) is 4.27. The van der Waals surface area contributed by atoms with E-state index in [-0.39, 0.29) is 11.6 Å². The van der Waals surface area contributed by atoms with E-state index in [9.17, 15) is 13.2 Å². The fraction of sp³-hybridized carbons (Fsp3) is 0.600. The van der Waals surface area contributed by atoms with E-state index in [2.05, 4.69) is 24.1 Å². The summed E-state index contributed by atoms with van der Waals surface area (Å²) in [6.07, 6.45) is -0.872. The van der Waals surface area contributed by atoms with E-state index in [0.29, 0.717) is 5.69 Å². The summed E-state index contributed by atoms with van der Waals surface area (Å²) in [6.45, 7) is 4.94. The zero-order chi connectivity index (χ0) is 14.5. The van der Waals surface area contributed by atoms with Crippen LogP contribution >= 0.6 is 0 Å². The van der Waals surface area contributed by atoms with Gasteiger partial charge >= 0.3 is 6.18 Å². The van der Waals surface area contributed by atoms with Crippen LogP contribution in [0.1, 0.15) is 38.7 Å². The molecule has 1 aliphatic carbocycles. The second-order valence-electron chi connectivity index (χ2n) is 6.12. The Morgan fingerprint density at radius 1 is 1.25 bits per heavy atom. The Hall–Kier alpha value is -1.39. The Morgan fingerprint density at radius 3 is 2.45 bits per heavy atom. The van der Waals surface area contributed by atoms with Crippen molar-refractivity contribution in [2.45, 2.75) is 50.9 Å². The highest BCUT2D eigenvalue weighted by atomic mass is 19.4. The first-order valence-corrected chi connectivity index (χ1v) is 7.08. The number of rotatable bonds is 1.